The van der Waals surface area contributed by atoms with Crippen LogP contribution in [-0.4, -0.2) is 55.2 Å². The van der Waals surface area contributed by atoms with Crippen LogP contribution in [0.5, 0.6) is 0 Å². The third-order valence-corrected chi connectivity index (χ3v) is 3.55. The van der Waals surface area contributed by atoms with Gasteiger partial charge >= 0.3 is 5.97 Å². The maximum absolute atomic E-state index is 11.3. The number of hydrogen-bond donors (Lipinski definition) is 2. The Morgan fingerprint density at radius 2 is 2.13 bits per heavy atom. The van der Waals surface area contributed by atoms with E-state index in [4.69, 9.17) is 5.11 Å². The van der Waals surface area contributed by atoms with Gasteiger partial charge in [0.2, 0.25) is 10.0 Å². The van der Waals surface area contributed by atoms with Crippen molar-refractivity contribution in [2.45, 2.75) is 25.4 Å². The van der Waals surface area contributed by atoms with Crippen LogP contribution in [0.1, 0.15) is 13.3 Å². The summed E-state index contributed by atoms with van der Waals surface area (Å²) in [5, 5.41) is 11.7. The molecular formula is C8H16N2O4S. The monoisotopic (exact) mass is 236 g/mol. The largest absolute Gasteiger partial charge is 0.481 e. The second kappa shape index (κ2) is 4.46. The molecule has 0 aliphatic carbocycles. The number of piperazine rings is 1. The minimum Gasteiger partial charge on any atom is -0.481 e. The van der Waals surface area contributed by atoms with E-state index in [1.807, 2.05) is 6.92 Å². The summed E-state index contributed by atoms with van der Waals surface area (Å²) < 4.78 is 23.9. The zero-order valence-electron chi connectivity index (χ0n) is 8.80. The predicted octanol–water partition coefficient (Wildman–Crippen LogP) is -0.917. The van der Waals surface area contributed by atoms with E-state index < -0.39 is 16.0 Å². The molecule has 1 aliphatic rings. The Labute approximate surface area is 89.3 Å². The molecule has 0 bridgehead atoms. The summed E-state index contributed by atoms with van der Waals surface area (Å²) in [7, 11) is -3.23. The van der Waals surface area contributed by atoms with E-state index in [0.717, 1.165) is 6.26 Å². The molecule has 88 valence electrons. The molecule has 0 aromatic carbocycles. The lowest BCUT2D eigenvalue weighted by atomic mass is 10.1. The second-order valence-corrected chi connectivity index (χ2v) is 5.92. The van der Waals surface area contributed by atoms with Crippen molar-refractivity contribution in [1.29, 1.82) is 0 Å². The first-order valence-electron chi connectivity index (χ1n) is 4.72. The standard InChI is InChI=1S/C8H16N2O4S/c1-6-4-10(15(2,13)14)5-7(9-6)3-8(11)12/h6-7,9H,3-5H2,1-2H3,(H,11,12)/t6-,7-/m1/s1. The van der Waals surface area contributed by atoms with Crippen LogP contribution in [0.2, 0.25) is 0 Å². The average molecular weight is 236 g/mol. The summed E-state index contributed by atoms with van der Waals surface area (Å²) in [6.07, 6.45) is 1.08. The number of nitrogens with zero attached hydrogens (tertiary/aromatic N) is 1. The fourth-order valence-corrected chi connectivity index (χ4v) is 2.68. The molecule has 0 aromatic heterocycles. The van der Waals surface area contributed by atoms with E-state index in [9.17, 15) is 13.2 Å². The van der Waals surface area contributed by atoms with Crippen molar-refractivity contribution in [1.82, 2.24) is 9.62 Å². The van der Waals surface area contributed by atoms with Crippen molar-refractivity contribution in [3.8, 4) is 0 Å². The molecule has 1 heterocycles. The molecule has 2 N–H and O–H groups in total. The Morgan fingerprint density at radius 3 is 2.60 bits per heavy atom. The van der Waals surface area contributed by atoms with Crippen LogP contribution in [0.4, 0.5) is 0 Å². The molecule has 6 nitrogen and oxygen atoms in total. The third-order valence-electron chi connectivity index (χ3n) is 2.31. The molecule has 1 fully saturated rings. The van der Waals surface area contributed by atoms with Crippen LogP contribution < -0.4 is 5.32 Å². The van der Waals surface area contributed by atoms with Gasteiger partial charge in [-0.2, -0.15) is 4.31 Å². The summed E-state index contributed by atoms with van der Waals surface area (Å²) in [4.78, 5) is 10.5. The number of aliphatic carboxylic acids is 1. The minimum atomic E-state index is -3.23. The van der Waals surface area contributed by atoms with Gasteiger partial charge in [0.1, 0.15) is 0 Å². The van der Waals surface area contributed by atoms with E-state index in [-0.39, 0.29) is 25.0 Å². The number of hydrogen-bond acceptors (Lipinski definition) is 4. The van der Waals surface area contributed by atoms with Gasteiger partial charge in [0.15, 0.2) is 0 Å². The van der Waals surface area contributed by atoms with Crippen LogP contribution in [0, 0.1) is 0 Å². The van der Waals surface area contributed by atoms with Crippen LogP contribution >= 0.6 is 0 Å². The van der Waals surface area contributed by atoms with Crippen LogP contribution in [-0.2, 0) is 14.8 Å². The highest BCUT2D eigenvalue weighted by Gasteiger charge is 2.30. The first-order chi connectivity index (χ1) is 6.79. The number of carboxylic acids is 1. The fourth-order valence-electron chi connectivity index (χ4n) is 1.74. The summed E-state index contributed by atoms with van der Waals surface area (Å²) in [5.74, 6) is -0.921. The molecule has 7 heteroatoms. The van der Waals surface area contributed by atoms with Crippen LogP contribution in [0.25, 0.3) is 0 Å². The second-order valence-electron chi connectivity index (χ2n) is 3.94. The van der Waals surface area contributed by atoms with Crippen molar-refractivity contribution in [2.24, 2.45) is 0 Å². The number of nitrogens with one attached hydrogen (secondary N) is 1. The summed E-state index contributed by atoms with van der Waals surface area (Å²) in [5.41, 5.74) is 0. The zero-order chi connectivity index (χ0) is 11.6. The van der Waals surface area contributed by atoms with Gasteiger partial charge in [0.05, 0.1) is 12.7 Å². The fraction of sp³-hybridized carbons (Fsp3) is 0.875. The predicted molar refractivity (Wildman–Crippen MR) is 55.1 cm³/mol. The molecule has 0 spiro atoms. The van der Waals surface area contributed by atoms with E-state index in [0.29, 0.717) is 6.54 Å². The quantitative estimate of drug-likeness (QED) is 0.662. The van der Waals surface area contributed by atoms with Crippen LogP contribution in [0.15, 0.2) is 0 Å². The Hall–Kier alpha value is -0.660. The van der Waals surface area contributed by atoms with Crippen molar-refractivity contribution in [3.63, 3.8) is 0 Å². The van der Waals surface area contributed by atoms with Gasteiger partial charge in [-0.3, -0.25) is 4.79 Å². The van der Waals surface area contributed by atoms with Crippen molar-refractivity contribution in [2.75, 3.05) is 19.3 Å². The van der Waals surface area contributed by atoms with Gasteiger partial charge in [-0.25, -0.2) is 8.42 Å². The molecule has 1 aliphatic heterocycles. The highest BCUT2D eigenvalue weighted by atomic mass is 32.2. The van der Waals surface area contributed by atoms with Gasteiger partial charge < -0.3 is 10.4 Å². The van der Waals surface area contributed by atoms with E-state index in [2.05, 4.69) is 5.32 Å². The smallest absolute Gasteiger partial charge is 0.304 e. The lowest BCUT2D eigenvalue weighted by Crippen LogP contribution is -2.57. The maximum atomic E-state index is 11.3. The van der Waals surface area contributed by atoms with Crippen molar-refractivity contribution >= 4 is 16.0 Å². The Kier molecular flexibility index (Phi) is 3.69. The van der Waals surface area contributed by atoms with Crippen molar-refractivity contribution in [3.05, 3.63) is 0 Å². The topological polar surface area (TPSA) is 86.7 Å². The van der Waals surface area contributed by atoms with Gasteiger partial charge in [0, 0.05) is 25.2 Å². The SMILES string of the molecule is C[C@@H]1CN(S(C)(=O)=O)C[C@@H](CC(=O)O)N1. The average Bonchev–Trinajstić information content (AvgIpc) is 1.99. The summed E-state index contributed by atoms with van der Waals surface area (Å²) in [6.45, 7) is 2.47. The zero-order valence-corrected chi connectivity index (χ0v) is 9.62. The van der Waals surface area contributed by atoms with Crippen molar-refractivity contribution < 1.29 is 18.3 Å². The number of rotatable bonds is 3. The Morgan fingerprint density at radius 1 is 1.53 bits per heavy atom. The third kappa shape index (κ3) is 3.77. The number of carboxylic acid groups (broad SMARTS) is 1. The summed E-state index contributed by atoms with van der Waals surface area (Å²) in [6, 6.07) is -0.321. The molecular weight excluding hydrogens is 220 g/mol. The Bertz CT molecular complexity index is 341. The highest BCUT2D eigenvalue weighted by Crippen LogP contribution is 2.10. The molecule has 0 saturated carbocycles. The molecule has 15 heavy (non-hydrogen) atoms. The van der Waals surface area contributed by atoms with E-state index in [1.54, 1.807) is 0 Å². The highest BCUT2D eigenvalue weighted by molar-refractivity contribution is 7.88. The number of carbonyl (C=O) groups is 1. The molecule has 0 unspecified atom stereocenters. The molecule has 0 radical (unpaired) electrons. The van der Waals surface area contributed by atoms with Gasteiger partial charge in [-0.15, -0.1) is 0 Å². The molecule has 2 atom stereocenters. The molecule has 1 rings (SSSR count). The van der Waals surface area contributed by atoms with Gasteiger partial charge in [-0.1, -0.05) is 0 Å². The maximum Gasteiger partial charge on any atom is 0.304 e. The Balaban J connectivity index is 2.68. The van der Waals surface area contributed by atoms with E-state index in [1.165, 1.54) is 4.31 Å². The molecule has 0 aromatic rings. The van der Waals surface area contributed by atoms with Gasteiger partial charge in [-0.05, 0) is 6.92 Å². The van der Waals surface area contributed by atoms with Gasteiger partial charge in [0.25, 0.3) is 0 Å². The normalized spacial score (nSPS) is 28.9. The molecule has 0 amide bonds. The molecule has 1 saturated heterocycles. The lowest BCUT2D eigenvalue weighted by molar-refractivity contribution is -0.137. The lowest BCUT2D eigenvalue weighted by Gasteiger charge is -2.35. The number of sulfonamides is 1. The minimum absolute atomic E-state index is 0.0159. The van der Waals surface area contributed by atoms with Crippen LogP contribution in [0.3, 0.4) is 0 Å². The summed E-state index contributed by atoms with van der Waals surface area (Å²) >= 11 is 0. The first kappa shape index (κ1) is 12.4. The van der Waals surface area contributed by atoms with E-state index >= 15 is 0 Å². The first-order valence-corrected chi connectivity index (χ1v) is 6.57.